The molecular weight excluding hydrogens is 760 g/mol. The molecule has 0 aliphatic rings. The number of rotatable bonds is 8. The molecule has 6 aromatic carbocycles. The van der Waals surface area contributed by atoms with E-state index in [4.69, 9.17) is 0 Å². The van der Waals surface area contributed by atoms with Gasteiger partial charge in [-0.25, -0.2) is 0 Å². The Morgan fingerprint density at radius 1 is 0.509 bits per heavy atom. The molecule has 6 N–H and O–H groups in total. The van der Waals surface area contributed by atoms with Crippen molar-refractivity contribution in [1.82, 2.24) is 0 Å². The average Bonchev–Trinajstić information content (AvgIpc) is 3.11. The fourth-order valence-corrected chi connectivity index (χ4v) is 5.08. The number of carbonyl (C=O) groups is 2. The molecule has 278 valence electrons. The molecule has 6 aromatic rings. The summed E-state index contributed by atoms with van der Waals surface area (Å²) in [5.41, 5.74) is -0.401. The number of benzene rings is 6. The van der Waals surface area contributed by atoms with Crippen LogP contribution >= 0.6 is 0 Å². The fourth-order valence-electron chi connectivity index (χ4n) is 5.08. The Labute approximate surface area is 320 Å². The zero-order chi connectivity index (χ0) is 39.4. The third kappa shape index (κ3) is 8.77. The molecule has 6 rings (SSSR count). The molecule has 0 amide bonds. The Bertz CT molecular complexity index is 2440. The number of Topliss-reactive ketones (excluding diaryl/α,β-unsaturated/α-hetero) is 2. The summed E-state index contributed by atoms with van der Waals surface area (Å²) in [5, 5.41) is 98.4. The number of non-ortho nitro benzene ring substituents is 2. The van der Waals surface area contributed by atoms with Gasteiger partial charge >= 0.3 is 1.43 Å². The summed E-state index contributed by atoms with van der Waals surface area (Å²) >= 11 is 0. The van der Waals surface area contributed by atoms with Crippen LogP contribution in [-0.2, 0) is 17.4 Å². The first kappa shape index (κ1) is 40.3. The second-order valence-corrected chi connectivity index (χ2v) is 11.4. The molecule has 19 heteroatoms. The fraction of sp³-hybridized carbons (Fsp3) is 0.0556. The van der Waals surface area contributed by atoms with Crippen molar-refractivity contribution < 1.29 is 68.9 Å². The molecule has 0 unspecified atom stereocenters. The molecule has 0 saturated heterocycles. The standard InChI is InChI=1S/2C18H13N3O6.Cr/c2*1-9(22)13-7-14(17(25)8-16(13)24)19-20-18-12-4-3-11(21(26)27)6-10(12)2-5-15(18)23;/h2*2-8,23-25H,1H3;/p+1. The molecule has 55 heavy (non-hydrogen) atoms. The van der Waals surface area contributed by atoms with Crippen LogP contribution in [0.2, 0.25) is 0 Å². The molecule has 0 spiro atoms. The van der Waals surface area contributed by atoms with E-state index in [9.17, 15) is 60.5 Å². The Hall–Kier alpha value is -7.49. The molecule has 0 radical (unpaired) electrons. The molecule has 0 saturated carbocycles. The Kier molecular flexibility index (Phi) is 12.1. The maximum Gasteiger partial charge on any atom is 1.00 e. The van der Waals surface area contributed by atoms with E-state index in [1.54, 1.807) is 0 Å². The van der Waals surface area contributed by atoms with Crippen LogP contribution < -0.4 is 0 Å². The van der Waals surface area contributed by atoms with E-state index in [2.05, 4.69) is 20.5 Å². The minimum absolute atomic E-state index is 0. The third-order valence-electron chi connectivity index (χ3n) is 7.79. The number of nitro groups is 2. The van der Waals surface area contributed by atoms with Gasteiger partial charge in [0, 0.05) is 64.5 Å². The van der Waals surface area contributed by atoms with Crippen LogP contribution in [0.15, 0.2) is 105 Å². The number of phenolic OH excluding ortho intramolecular Hbond substituents is 6. The van der Waals surface area contributed by atoms with Crippen molar-refractivity contribution in [3.05, 3.63) is 116 Å². The monoisotopic (exact) mass is 787 g/mol. The number of aromatic hydroxyl groups is 6. The number of nitrogens with zero attached hydrogens (tertiary/aromatic N) is 6. The Morgan fingerprint density at radius 3 is 1.20 bits per heavy atom. The number of carbonyl (C=O) groups excluding carboxylic acids is 2. The minimum Gasteiger partial charge on any atom is -0.507 e. The summed E-state index contributed by atoms with van der Waals surface area (Å²) in [6, 6.07) is 18.0. The van der Waals surface area contributed by atoms with Crippen LogP contribution in [0.4, 0.5) is 34.1 Å². The maximum absolute atomic E-state index is 11.5. The zero-order valence-electron chi connectivity index (χ0n) is 29.3. The minimum atomic E-state index is -0.536. The summed E-state index contributed by atoms with van der Waals surface area (Å²) in [7, 11) is 0. The van der Waals surface area contributed by atoms with Gasteiger partial charge in [-0.15, -0.1) is 20.5 Å². The van der Waals surface area contributed by atoms with Crippen molar-refractivity contribution in [3.63, 3.8) is 0 Å². The van der Waals surface area contributed by atoms with E-state index in [1.807, 2.05) is 0 Å². The van der Waals surface area contributed by atoms with Crippen LogP contribution in [-0.4, -0.2) is 52.1 Å². The van der Waals surface area contributed by atoms with Crippen LogP contribution in [0.5, 0.6) is 34.5 Å². The van der Waals surface area contributed by atoms with Gasteiger partial charge in [0.1, 0.15) is 57.2 Å². The van der Waals surface area contributed by atoms with Crippen molar-refractivity contribution >= 4 is 67.2 Å². The van der Waals surface area contributed by atoms with E-state index in [1.165, 1.54) is 86.6 Å². The second kappa shape index (κ2) is 16.5. The average molecular weight is 788 g/mol. The SMILES string of the molecule is CC(=O)c1cc(N=Nc2c(O)ccc3cc([N+](=O)[O-])ccc23)c(O)cc1O.CC(=O)c1cc(N=Nc2c(O)ccc3cc([N+](=O)[O-])ccc23)c(O)cc1O.[Cr].[H+]. The van der Waals surface area contributed by atoms with E-state index in [-0.39, 0.29) is 87.0 Å². The molecule has 0 bridgehead atoms. The van der Waals surface area contributed by atoms with Crippen molar-refractivity contribution in [2.24, 2.45) is 20.5 Å². The van der Waals surface area contributed by atoms with Crippen LogP contribution in [0.25, 0.3) is 21.5 Å². The zero-order valence-corrected chi connectivity index (χ0v) is 29.6. The molecule has 0 aliphatic carbocycles. The maximum atomic E-state index is 11.5. The van der Waals surface area contributed by atoms with Crippen molar-refractivity contribution in [1.29, 1.82) is 0 Å². The van der Waals surface area contributed by atoms with Gasteiger partial charge in [-0.3, -0.25) is 29.8 Å². The number of hydrogen-bond donors (Lipinski definition) is 6. The molecular formula is C36H27CrN6O12+. The van der Waals surface area contributed by atoms with Gasteiger partial charge in [0.15, 0.2) is 11.6 Å². The Balaban J connectivity index is 0.000000290. The van der Waals surface area contributed by atoms with Crippen LogP contribution in [0.1, 0.15) is 36.0 Å². The number of hydrogen-bond acceptors (Lipinski definition) is 16. The van der Waals surface area contributed by atoms with Gasteiger partial charge in [-0.1, -0.05) is 12.1 Å². The number of phenols is 6. The quantitative estimate of drug-likeness (QED) is 0.0364. The number of ketones is 2. The van der Waals surface area contributed by atoms with Crippen LogP contribution in [0.3, 0.4) is 0 Å². The van der Waals surface area contributed by atoms with Gasteiger partial charge in [-0.05, 0) is 61.0 Å². The summed E-state index contributed by atoms with van der Waals surface area (Å²) < 4.78 is 0. The first-order chi connectivity index (χ1) is 25.5. The normalized spacial score (nSPS) is 10.9. The van der Waals surface area contributed by atoms with Gasteiger partial charge in [-0.2, -0.15) is 0 Å². The molecule has 0 atom stereocenters. The Morgan fingerprint density at radius 2 is 0.873 bits per heavy atom. The van der Waals surface area contributed by atoms with Crippen molar-refractivity contribution in [2.75, 3.05) is 0 Å². The molecule has 0 aliphatic heterocycles. The summed E-state index contributed by atoms with van der Waals surface area (Å²) in [5.74, 6) is -2.88. The van der Waals surface area contributed by atoms with Crippen molar-refractivity contribution in [3.8, 4) is 34.5 Å². The number of nitro benzene ring substituents is 2. The van der Waals surface area contributed by atoms with Crippen LogP contribution in [0, 0.1) is 20.2 Å². The summed E-state index contributed by atoms with van der Waals surface area (Å²) in [6.45, 7) is 2.49. The van der Waals surface area contributed by atoms with Gasteiger partial charge in [0.25, 0.3) is 11.4 Å². The second-order valence-electron chi connectivity index (χ2n) is 11.4. The summed E-state index contributed by atoms with van der Waals surface area (Å²) in [4.78, 5) is 43.7. The molecule has 0 aromatic heterocycles. The van der Waals surface area contributed by atoms with E-state index < -0.39 is 32.9 Å². The van der Waals surface area contributed by atoms with E-state index in [0.717, 1.165) is 12.1 Å². The van der Waals surface area contributed by atoms with Gasteiger partial charge < -0.3 is 30.6 Å². The largest absolute Gasteiger partial charge is 1.00 e. The van der Waals surface area contributed by atoms with E-state index in [0.29, 0.717) is 21.5 Å². The third-order valence-corrected chi connectivity index (χ3v) is 7.79. The molecule has 0 heterocycles. The van der Waals surface area contributed by atoms with Gasteiger partial charge in [0.05, 0.1) is 21.0 Å². The van der Waals surface area contributed by atoms with Crippen molar-refractivity contribution in [2.45, 2.75) is 13.8 Å². The first-order valence-corrected chi connectivity index (χ1v) is 15.3. The number of fused-ring (bicyclic) bond motifs is 2. The molecule has 18 nitrogen and oxygen atoms in total. The predicted molar refractivity (Wildman–Crippen MR) is 194 cm³/mol. The first-order valence-electron chi connectivity index (χ1n) is 15.3. The predicted octanol–water partition coefficient (Wildman–Crippen LogP) is 9.08. The smallest absolute Gasteiger partial charge is 0.507 e. The van der Waals surface area contributed by atoms with E-state index >= 15 is 0 Å². The molecule has 0 fully saturated rings. The topological polar surface area (TPSA) is 291 Å². The number of azo groups is 2. The van der Waals surface area contributed by atoms with Gasteiger partial charge in [0.2, 0.25) is 0 Å². The summed E-state index contributed by atoms with van der Waals surface area (Å²) in [6.07, 6.45) is 0.